The summed E-state index contributed by atoms with van der Waals surface area (Å²) in [6, 6.07) is 0. The standard InChI is InChI=1S/C11H18O6/c1-11(2,3)17-8(12)6-5-7(9(13)14)10(15)16-4/h7H,5-6H2,1-4H3,(H,13,14). The minimum absolute atomic E-state index is 0.128. The molecule has 0 aliphatic heterocycles. The van der Waals surface area contributed by atoms with Gasteiger partial charge in [0, 0.05) is 6.42 Å². The SMILES string of the molecule is COC(=O)C(CCC(=O)OC(C)(C)C)C(=O)O. The number of methoxy groups -OCH3 is 1. The van der Waals surface area contributed by atoms with Gasteiger partial charge in [0.05, 0.1) is 7.11 Å². The zero-order valence-electron chi connectivity index (χ0n) is 10.5. The van der Waals surface area contributed by atoms with Gasteiger partial charge in [-0.1, -0.05) is 0 Å². The van der Waals surface area contributed by atoms with Gasteiger partial charge in [-0.25, -0.2) is 0 Å². The van der Waals surface area contributed by atoms with E-state index in [4.69, 9.17) is 9.84 Å². The molecule has 0 spiro atoms. The predicted octanol–water partition coefficient (Wildman–Crippen LogP) is 0.982. The molecule has 0 rings (SSSR count). The van der Waals surface area contributed by atoms with Gasteiger partial charge < -0.3 is 14.6 Å². The molecule has 6 nitrogen and oxygen atoms in total. The highest BCUT2D eigenvalue weighted by Gasteiger charge is 2.28. The maximum Gasteiger partial charge on any atom is 0.320 e. The van der Waals surface area contributed by atoms with Crippen molar-refractivity contribution in [2.75, 3.05) is 7.11 Å². The van der Waals surface area contributed by atoms with Crippen LogP contribution in [0.25, 0.3) is 0 Å². The Bertz CT molecular complexity index is 302. The zero-order valence-corrected chi connectivity index (χ0v) is 10.5. The fourth-order valence-electron chi connectivity index (χ4n) is 1.14. The van der Waals surface area contributed by atoms with Gasteiger partial charge in [-0.3, -0.25) is 14.4 Å². The second-order valence-corrected chi connectivity index (χ2v) is 4.54. The zero-order chi connectivity index (χ0) is 13.6. The summed E-state index contributed by atoms with van der Waals surface area (Å²) in [6.07, 6.45) is -0.264. The maximum absolute atomic E-state index is 11.3. The molecule has 0 saturated heterocycles. The number of carboxylic acid groups (broad SMARTS) is 1. The molecular weight excluding hydrogens is 228 g/mol. The number of hydrogen-bond acceptors (Lipinski definition) is 5. The van der Waals surface area contributed by atoms with Crippen molar-refractivity contribution in [1.29, 1.82) is 0 Å². The molecule has 0 aromatic heterocycles. The quantitative estimate of drug-likeness (QED) is 0.574. The van der Waals surface area contributed by atoms with Crippen LogP contribution >= 0.6 is 0 Å². The number of ether oxygens (including phenoxy) is 2. The molecule has 1 atom stereocenters. The molecule has 17 heavy (non-hydrogen) atoms. The summed E-state index contributed by atoms with van der Waals surface area (Å²) in [6.45, 7) is 5.12. The molecule has 0 amide bonds. The molecule has 1 unspecified atom stereocenters. The Morgan fingerprint density at radius 3 is 2.12 bits per heavy atom. The van der Waals surface area contributed by atoms with E-state index >= 15 is 0 Å². The van der Waals surface area contributed by atoms with Crippen molar-refractivity contribution in [3.8, 4) is 0 Å². The maximum atomic E-state index is 11.3. The van der Waals surface area contributed by atoms with E-state index in [1.807, 2.05) is 0 Å². The molecule has 0 fully saturated rings. The summed E-state index contributed by atoms with van der Waals surface area (Å²) in [5.41, 5.74) is -0.624. The average Bonchev–Trinajstić information content (AvgIpc) is 2.14. The smallest absolute Gasteiger partial charge is 0.320 e. The van der Waals surface area contributed by atoms with E-state index in [0.29, 0.717) is 0 Å². The number of aliphatic carboxylic acids is 1. The highest BCUT2D eigenvalue weighted by Crippen LogP contribution is 2.13. The molecular formula is C11H18O6. The van der Waals surface area contributed by atoms with Gasteiger partial charge in [-0.2, -0.15) is 0 Å². The van der Waals surface area contributed by atoms with Gasteiger partial charge >= 0.3 is 17.9 Å². The predicted molar refractivity (Wildman–Crippen MR) is 58.2 cm³/mol. The Morgan fingerprint density at radius 2 is 1.76 bits per heavy atom. The Kier molecular flexibility index (Phi) is 5.64. The van der Waals surface area contributed by atoms with Gasteiger partial charge in [0.1, 0.15) is 5.60 Å². The number of carbonyl (C=O) groups excluding carboxylic acids is 2. The van der Waals surface area contributed by atoms with Crippen molar-refractivity contribution in [1.82, 2.24) is 0 Å². The molecule has 0 saturated carbocycles. The van der Waals surface area contributed by atoms with E-state index in [-0.39, 0.29) is 12.8 Å². The lowest BCUT2D eigenvalue weighted by Gasteiger charge is -2.19. The molecule has 0 aromatic carbocycles. The highest BCUT2D eigenvalue weighted by atomic mass is 16.6. The van der Waals surface area contributed by atoms with Crippen LogP contribution < -0.4 is 0 Å². The summed E-state index contributed by atoms with van der Waals surface area (Å²) in [4.78, 5) is 33.2. The topological polar surface area (TPSA) is 89.9 Å². The second-order valence-electron chi connectivity index (χ2n) is 4.54. The molecule has 0 radical (unpaired) electrons. The first-order valence-corrected chi connectivity index (χ1v) is 5.20. The number of esters is 2. The van der Waals surface area contributed by atoms with Crippen LogP contribution in [-0.2, 0) is 23.9 Å². The van der Waals surface area contributed by atoms with Crippen LogP contribution in [0.3, 0.4) is 0 Å². The van der Waals surface area contributed by atoms with Crippen molar-refractivity contribution in [3.05, 3.63) is 0 Å². The van der Waals surface area contributed by atoms with Gasteiger partial charge in [0.2, 0.25) is 0 Å². The number of carboxylic acids is 1. The van der Waals surface area contributed by atoms with Crippen LogP contribution in [0, 0.1) is 5.92 Å². The normalized spacial score (nSPS) is 12.7. The molecule has 0 bridgehead atoms. The van der Waals surface area contributed by atoms with Crippen molar-refractivity contribution in [2.45, 2.75) is 39.2 Å². The Morgan fingerprint density at radius 1 is 1.24 bits per heavy atom. The monoisotopic (exact) mass is 246 g/mol. The number of rotatable bonds is 5. The van der Waals surface area contributed by atoms with E-state index in [0.717, 1.165) is 7.11 Å². The van der Waals surface area contributed by atoms with Crippen LogP contribution in [0.2, 0.25) is 0 Å². The van der Waals surface area contributed by atoms with E-state index in [2.05, 4.69) is 4.74 Å². The van der Waals surface area contributed by atoms with Crippen LogP contribution in [0.1, 0.15) is 33.6 Å². The molecule has 0 aliphatic rings. The first-order valence-electron chi connectivity index (χ1n) is 5.20. The highest BCUT2D eigenvalue weighted by molar-refractivity contribution is 5.94. The second kappa shape index (κ2) is 6.22. The lowest BCUT2D eigenvalue weighted by atomic mass is 10.0. The molecule has 98 valence electrons. The average molecular weight is 246 g/mol. The lowest BCUT2D eigenvalue weighted by molar-refractivity contribution is -0.159. The Labute approximate surface area is 99.9 Å². The summed E-state index contributed by atoms with van der Waals surface area (Å²) in [5.74, 6) is -4.03. The van der Waals surface area contributed by atoms with Gasteiger partial charge in [0.25, 0.3) is 0 Å². The van der Waals surface area contributed by atoms with E-state index < -0.39 is 29.4 Å². The van der Waals surface area contributed by atoms with Crippen LogP contribution in [0.15, 0.2) is 0 Å². The van der Waals surface area contributed by atoms with Crippen LogP contribution in [0.5, 0.6) is 0 Å². The first kappa shape index (κ1) is 15.4. The van der Waals surface area contributed by atoms with Crippen molar-refractivity contribution >= 4 is 17.9 Å². The fourth-order valence-corrected chi connectivity index (χ4v) is 1.14. The molecule has 0 aliphatic carbocycles. The third-order valence-electron chi connectivity index (χ3n) is 1.84. The minimum atomic E-state index is -1.33. The van der Waals surface area contributed by atoms with E-state index in [9.17, 15) is 14.4 Å². The van der Waals surface area contributed by atoms with Crippen LogP contribution in [0.4, 0.5) is 0 Å². The van der Waals surface area contributed by atoms with Gasteiger partial charge in [-0.05, 0) is 27.2 Å². The van der Waals surface area contributed by atoms with Crippen molar-refractivity contribution < 1.29 is 29.0 Å². The van der Waals surface area contributed by atoms with Gasteiger partial charge in [-0.15, -0.1) is 0 Å². The van der Waals surface area contributed by atoms with Crippen molar-refractivity contribution in [2.24, 2.45) is 5.92 Å². The first-order chi connectivity index (χ1) is 7.67. The minimum Gasteiger partial charge on any atom is -0.481 e. The van der Waals surface area contributed by atoms with Crippen molar-refractivity contribution in [3.63, 3.8) is 0 Å². The number of hydrogen-bond donors (Lipinski definition) is 1. The Hall–Kier alpha value is -1.59. The summed E-state index contributed by atoms with van der Waals surface area (Å²) in [5, 5.41) is 8.77. The fraction of sp³-hybridized carbons (Fsp3) is 0.727. The molecule has 6 heteroatoms. The lowest BCUT2D eigenvalue weighted by Crippen LogP contribution is -2.28. The molecule has 0 heterocycles. The van der Waals surface area contributed by atoms with Crippen LogP contribution in [-0.4, -0.2) is 35.7 Å². The van der Waals surface area contributed by atoms with E-state index in [1.54, 1.807) is 20.8 Å². The van der Waals surface area contributed by atoms with E-state index in [1.165, 1.54) is 0 Å². The third-order valence-corrected chi connectivity index (χ3v) is 1.84. The summed E-state index contributed by atoms with van der Waals surface area (Å²) in [7, 11) is 1.10. The largest absolute Gasteiger partial charge is 0.481 e. The number of carbonyl (C=O) groups is 3. The Balaban J connectivity index is 4.28. The summed E-state index contributed by atoms with van der Waals surface area (Å²) >= 11 is 0. The summed E-state index contributed by atoms with van der Waals surface area (Å²) < 4.78 is 9.33. The van der Waals surface area contributed by atoms with Gasteiger partial charge in [0.15, 0.2) is 5.92 Å². The molecule has 1 N–H and O–H groups in total. The third kappa shape index (κ3) is 6.55. The molecule has 0 aromatic rings.